The number of morpholine rings is 2. The van der Waals surface area contributed by atoms with Crippen LogP contribution in [0.1, 0.15) is 83.5 Å². The molecule has 5 aromatic carbocycles. The second-order valence-electron chi connectivity index (χ2n) is 33.9. The molecule has 0 saturated carbocycles. The average Bonchev–Trinajstić information content (AvgIpc) is 1.77. The van der Waals surface area contributed by atoms with Crippen LogP contribution in [0.2, 0.25) is 0 Å². The van der Waals surface area contributed by atoms with Crippen LogP contribution in [0, 0.1) is 0 Å². The topological polar surface area (TPSA) is 265 Å². The predicted octanol–water partition coefficient (Wildman–Crippen LogP) is 8.24. The van der Waals surface area contributed by atoms with Crippen LogP contribution in [0.15, 0.2) is 128 Å². The summed E-state index contributed by atoms with van der Waals surface area (Å²) in [7, 11) is 11.2. The molecular formula is C90H147N20O7+5. The van der Waals surface area contributed by atoms with Crippen molar-refractivity contribution < 1.29 is 55.7 Å². The summed E-state index contributed by atoms with van der Waals surface area (Å²) in [6.45, 7) is 37.2. The van der Waals surface area contributed by atoms with Crippen LogP contribution in [0.25, 0.3) is 0 Å². The van der Waals surface area contributed by atoms with Crippen molar-refractivity contribution in [3.05, 3.63) is 128 Å². The van der Waals surface area contributed by atoms with Gasteiger partial charge < -0.3 is 116 Å². The highest BCUT2D eigenvalue weighted by molar-refractivity contribution is 5.69. The normalized spacial score (nSPS) is 17.3. The number of benzene rings is 5. The summed E-state index contributed by atoms with van der Waals surface area (Å²) in [5.41, 5.74) is 38.9. The summed E-state index contributed by atoms with van der Waals surface area (Å²) in [5, 5.41) is 10.7. The van der Waals surface area contributed by atoms with Crippen LogP contribution in [0.3, 0.4) is 0 Å². The molecule has 3 saturated heterocycles. The van der Waals surface area contributed by atoms with Gasteiger partial charge in [-0.3, -0.25) is 0 Å². The number of likely N-dealkylation sites (N-methyl/N-ethyl adjacent to an activating group) is 2. The third-order valence-corrected chi connectivity index (χ3v) is 24.1. The zero-order chi connectivity index (χ0) is 81.9. The van der Waals surface area contributed by atoms with Gasteiger partial charge in [-0.2, -0.15) is 0 Å². The number of nitrogen functional groups attached to an aromatic ring is 5. The molecule has 0 amide bonds. The van der Waals surface area contributed by atoms with Crippen molar-refractivity contribution in [3.63, 3.8) is 0 Å². The number of nitrogens with one attached hydrogen (secondary N) is 3. The maximum absolute atomic E-state index is 5.84. The highest BCUT2D eigenvalue weighted by Gasteiger charge is 2.29. The van der Waals surface area contributed by atoms with Gasteiger partial charge in [0.1, 0.15) is 113 Å². The molecule has 0 aliphatic carbocycles. The molecule has 3 fully saturated rings. The van der Waals surface area contributed by atoms with Gasteiger partial charge in [-0.05, 0) is 138 Å². The van der Waals surface area contributed by atoms with E-state index in [-0.39, 0.29) is 0 Å². The molecule has 10 heterocycles. The Kier molecular flexibility index (Phi) is 35.4. The second-order valence-corrected chi connectivity index (χ2v) is 33.9. The van der Waals surface area contributed by atoms with Gasteiger partial charge in [0.15, 0.2) is 0 Å². The first-order valence-corrected chi connectivity index (χ1v) is 44.1. The molecule has 0 radical (unpaired) electrons. The number of quaternary nitrogens is 3. The van der Waals surface area contributed by atoms with Gasteiger partial charge in [0.05, 0.1) is 169 Å². The monoisotopic (exact) mass is 1620 g/mol. The molecule has 27 nitrogen and oxygen atoms in total. The number of anilines is 10. The smallest absolute Gasteiger partial charge is 0.243 e. The van der Waals surface area contributed by atoms with E-state index in [4.69, 9.17) is 61.8 Å². The molecular weight excluding hydrogens is 1470 g/mol. The Balaban J connectivity index is 0.000000144. The number of aromatic nitrogens is 4. The Labute approximate surface area is 699 Å². The number of unbranched alkanes of at least 4 members (excludes halogenated alkanes) is 4. The Morgan fingerprint density at radius 3 is 0.949 bits per heavy atom. The van der Waals surface area contributed by atoms with Crippen molar-refractivity contribution in [1.29, 1.82) is 0 Å². The molecule has 27 heteroatoms. The zero-order valence-corrected chi connectivity index (χ0v) is 71.9. The number of imidazole rings is 2. The molecule has 13 N–H and O–H groups in total. The molecule has 0 bridgehead atoms. The van der Waals surface area contributed by atoms with E-state index >= 15 is 0 Å². The summed E-state index contributed by atoms with van der Waals surface area (Å²) >= 11 is 0. The van der Waals surface area contributed by atoms with E-state index in [1.54, 1.807) is 0 Å². The molecule has 0 atom stereocenters. The summed E-state index contributed by atoms with van der Waals surface area (Å²) in [6.07, 6.45) is 28.9. The van der Waals surface area contributed by atoms with Crippen LogP contribution in [0.4, 0.5) is 56.9 Å². The van der Waals surface area contributed by atoms with Gasteiger partial charge in [-0.15, -0.1) is 0 Å². The maximum atomic E-state index is 5.84. The third-order valence-electron chi connectivity index (χ3n) is 24.1. The lowest BCUT2D eigenvalue weighted by Crippen LogP contribution is -2.52. The summed E-state index contributed by atoms with van der Waals surface area (Å²) in [5.74, 6) is 4.60. The Morgan fingerprint density at radius 2 is 0.598 bits per heavy atom. The first-order chi connectivity index (χ1) is 56.9. The van der Waals surface area contributed by atoms with Crippen molar-refractivity contribution in [3.8, 4) is 28.7 Å². The number of hydrogen-bond acceptors (Lipinski definition) is 20. The molecule has 2 aromatic heterocycles. The fourth-order valence-electron chi connectivity index (χ4n) is 16.9. The minimum absolute atomic E-state index is 0.723. The molecule has 0 spiro atoms. The fraction of sp³-hybridized carbons (Fsp3) is 0.600. The first-order valence-electron chi connectivity index (χ1n) is 44.1. The highest BCUT2D eigenvalue weighted by Crippen LogP contribution is 2.38. The summed E-state index contributed by atoms with van der Waals surface area (Å²) < 4.78 is 51.7. The van der Waals surface area contributed by atoms with Crippen LogP contribution in [0.5, 0.6) is 28.7 Å². The minimum Gasteiger partial charge on any atom is -0.489 e. The van der Waals surface area contributed by atoms with E-state index in [1.165, 1.54) is 129 Å². The predicted molar refractivity (Wildman–Crippen MR) is 477 cm³/mol. The van der Waals surface area contributed by atoms with E-state index in [2.05, 4.69) is 155 Å². The molecule has 0 unspecified atom stereocenters. The van der Waals surface area contributed by atoms with Crippen molar-refractivity contribution >= 4 is 56.9 Å². The number of hydrogen-bond donors (Lipinski definition) is 8. The highest BCUT2D eigenvalue weighted by atomic mass is 16.5. The van der Waals surface area contributed by atoms with E-state index in [0.29, 0.717) is 0 Å². The Hall–Kier alpha value is -8.80. The third kappa shape index (κ3) is 29.3. The van der Waals surface area contributed by atoms with Crippen molar-refractivity contribution in [2.75, 3.05) is 297 Å². The lowest BCUT2D eigenvalue weighted by atomic mass is 10.1. The molecule has 7 aromatic rings. The van der Waals surface area contributed by atoms with Gasteiger partial charge in [-0.25, -0.2) is 18.3 Å². The Morgan fingerprint density at radius 1 is 0.316 bits per heavy atom. The van der Waals surface area contributed by atoms with E-state index in [0.717, 1.165) is 290 Å². The quantitative estimate of drug-likeness (QED) is 0.00804. The number of fused-ring (bicyclic) bond motifs is 5. The lowest BCUT2D eigenvalue weighted by Gasteiger charge is -2.37. The van der Waals surface area contributed by atoms with Crippen LogP contribution < -0.4 is 102 Å². The van der Waals surface area contributed by atoms with Crippen LogP contribution >= 0.6 is 0 Å². The molecule has 8 aliphatic heterocycles. The SMILES string of the molecule is C[N+]1(CCCCCN2CCOc3cc(N)ccc32)CCOCC1.C[N+]1(CCCNCCCN2CCOc3cc(N)ccc32)CCCC1.C[N+]1(CCCNCCCN2CCOc3cc(N)ccc32)CCOCC1.C[n+]1ccn(CCCCCN2CCOc3cc(N)ccc32)c1.C[n+]1ccn(CCCNCCN2CCOc3cc(N)ccc32)c1. The number of aryl methyl sites for hydroxylation is 4. The van der Waals surface area contributed by atoms with E-state index < -0.39 is 0 Å². The lowest BCUT2D eigenvalue weighted by molar-refractivity contribution is -0.917. The number of ether oxygens (including phenoxy) is 7. The largest absolute Gasteiger partial charge is 0.489 e. The fourth-order valence-corrected chi connectivity index (χ4v) is 16.9. The molecule has 8 aliphatic rings. The van der Waals surface area contributed by atoms with Gasteiger partial charge >= 0.3 is 0 Å². The summed E-state index contributed by atoms with van der Waals surface area (Å²) in [4.78, 5) is 12.0. The van der Waals surface area contributed by atoms with E-state index in [1.807, 2.05) is 67.7 Å². The molecule has 15 rings (SSSR count). The van der Waals surface area contributed by atoms with Crippen LogP contribution in [-0.4, -0.2) is 267 Å². The average molecular weight is 1620 g/mol. The molecule has 644 valence electrons. The van der Waals surface area contributed by atoms with Gasteiger partial charge in [0.2, 0.25) is 12.7 Å². The van der Waals surface area contributed by atoms with Gasteiger partial charge in [0.25, 0.3) is 0 Å². The second kappa shape index (κ2) is 46.5. The number of nitrogens with zero attached hydrogens (tertiary/aromatic N) is 12. The first kappa shape index (κ1) is 89.0. The van der Waals surface area contributed by atoms with E-state index in [9.17, 15) is 0 Å². The van der Waals surface area contributed by atoms with Crippen molar-refractivity contribution in [2.24, 2.45) is 14.1 Å². The standard InChI is InChI=1S/C19H33N4O2.C19H33N4O.C18H30N3O2.C17H26N5O.C17H25N4O/c1-23(11-14-24-15-12-23)10-3-7-21-6-2-8-22-9-13-25-19-16-17(20)4-5-18(19)22;1-23(12-2-3-13-23)14-5-9-21-8-4-10-22-11-15-24-19-16-17(20)6-7-18(19)22;1-21(10-13-22-14-11-21)9-4-2-3-7-20-8-12-23-18-15-16(19)5-6-17(18)20;1-20-9-10-21(14-20)7-2-5-19-6-8-22-11-12-23-17-13-15(18)3-4-16(17)22;1-19-9-10-20(14-19)7-3-2-4-8-21-11-12-22-17-13-15(18)5-6-16(17)21/h4-5,16,21H,2-3,6-15,20H2,1H3;6-7,16,21H,2-5,8-15,20H2,1H3;5-6,15H,2-4,7-14,19H2,1H3;3-4,9-10,13-14,19H,2,5-8,11-12,18H2,1H3;5-6,9-10,13-14H,2-4,7-8,11-12,18H2,1H3/q5*+1. The van der Waals surface area contributed by atoms with Crippen LogP contribution in [-0.2, 0) is 36.7 Å². The number of likely N-dealkylation sites (tertiary alicyclic amines) is 1. The number of rotatable bonds is 35. The van der Waals surface area contributed by atoms with Crippen molar-refractivity contribution in [2.45, 2.75) is 96.6 Å². The number of nitrogens with two attached hydrogens (primary N) is 5. The molecule has 117 heavy (non-hydrogen) atoms. The van der Waals surface area contributed by atoms with Crippen molar-refractivity contribution in [1.82, 2.24) is 25.1 Å². The van der Waals surface area contributed by atoms with Gasteiger partial charge in [0, 0.05) is 137 Å². The summed E-state index contributed by atoms with van der Waals surface area (Å²) in [6, 6.07) is 29.8. The minimum atomic E-state index is 0.723. The zero-order valence-electron chi connectivity index (χ0n) is 71.9. The maximum Gasteiger partial charge on any atom is 0.243 e. The Bertz CT molecular complexity index is 4030. The van der Waals surface area contributed by atoms with Gasteiger partial charge in [-0.1, -0.05) is 0 Å².